The van der Waals surface area contributed by atoms with Gasteiger partial charge in [-0.3, -0.25) is 4.68 Å². The van der Waals surface area contributed by atoms with E-state index in [1.54, 1.807) is 10.9 Å². The Balaban J connectivity index is 2.63. The van der Waals surface area contributed by atoms with Gasteiger partial charge < -0.3 is 0 Å². The highest BCUT2D eigenvalue weighted by Gasteiger charge is 2.18. The lowest BCUT2D eigenvalue weighted by Gasteiger charge is -2.12. The van der Waals surface area contributed by atoms with E-state index in [0.29, 0.717) is 17.0 Å². The van der Waals surface area contributed by atoms with Crippen LogP contribution in [-0.2, 0) is 5.88 Å². The second-order valence-corrected chi connectivity index (χ2v) is 4.18. The van der Waals surface area contributed by atoms with Crippen LogP contribution in [0, 0.1) is 5.82 Å². The van der Waals surface area contributed by atoms with Crippen molar-refractivity contribution in [1.82, 2.24) is 19.7 Å². The summed E-state index contributed by atoms with van der Waals surface area (Å²) < 4.78 is 15.4. The maximum absolute atomic E-state index is 13.8. The molecule has 17 heavy (non-hydrogen) atoms. The van der Waals surface area contributed by atoms with E-state index < -0.39 is 5.82 Å². The predicted molar refractivity (Wildman–Crippen MR) is 63.2 cm³/mol. The third-order valence-corrected chi connectivity index (χ3v) is 2.68. The fourth-order valence-corrected chi connectivity index (χ4v) is 1.82. The van der Waals surface area contributed by atoms with Crippen molar-refractivity contribution in [3.63, 3.8) is 0 Å². The molecule has 6 heteroatoms. The number of halogens is 2. The van der Waals surface area contributed by atoms with Crippen molar-refractivity contribution in [1.29, 1.82) is 0 Å². The summed E-state index contributed by atoms with van der Waals surface area (Å²) in [6.07, 6.45) is 4.16. The number of hydrogen-bond acceptors (Lipinski definition) is 3. The first-order valence-corrected chi connectivity index (χ1v) is 5.76. The minimum absolute atomic E-state index is 0.0487. The lowest BCUT2D eigenvalue weighted by molar-refractivity contribution is 0.533. The summed E-state index contributed by atoms with van der Waals surface area (Å²) in [6, 6.07) is 0.0487. The highest BCUT2D eigenvalue weighted by molar-refractivity contribution is 6.17. The van der Waals surface area contributed by atoms with Gasteiger partial charge in [0.15, 0.2) is 5.82 Å². The Labute approximate surface area is 103 Å². The molecule has 0 bridgehead atoms. The number of rotatable bonds is 3. The fraction of sp³-hybridized carbons (Fsp3) is 0.364. The van der Waals surface area contributed by atoms with E-state index in [1.807, 2.05) is 13.8 Å². The Morgan fingerprint density at radius 2 is 2.18 bits per heavy atom. The molecule has 0 spiro atoms. The molecule has 0 saturated heterocycles. The lowest BCUT2D eigenvalue weighted by atomic mass is 10.2. The minimum Gasteiger partial charge on any atom is -0.258 e. The van der Waals surface area contributed by atoms with E-state index in [9.17, 15) is 4.39 Å². The smallest absolute Gasteiger partial charge is 0.170 e. The summed E-state index contributed by atoms with van der Waals surface area (Å²) >= 11 is 5.80. The Morgan fingerprint density at radius 1 is 1.41 bits per heavy atom. The van der Waals surface area contributed by atoms with Crippen LogP contribution >= 0.6 is 11.6 Å². The largest absolute Gasteiger partial charge is 0.258 e. The number of aromatic nitrogens is 4. The van der Waals surface area contributed by atoms with E-state index >= 15 is 0 Å². The Bertz CT molecular complexity index is 524. The predicted octanol–water partition coefficient (Wildman–Crippen LogP) is 2.80. The van der Waals surface area contributed by atoms with Crippen molar-refractivity contribution in [3.8, 4) is 11.4 Å². The average molecular weight is 255 g/mol. The van der Waals surface area contributed by atoms with Gasteiger partial charge in [0.2, 0.25) is 0 Å². The van der Waals surface area contributed by atoms with Crippen LogP contribution < -0.4 is 0 Å². The molecular weight excluding hydrogens is 243 g/mol. The average Bonchev–Trinajstić information content (AvgIpc) is 2.71. The van der Waals surface area contributed by atoms with Gasteiger partial charge in [0.1, 0.15) is 12.0 Å². The molecule has 0 atom stereocenters. The second kappa shape index (κ2) is 4.79. The molecule has 0 amide bonds. The minimum atomic E-state index is -0.399. The van der Waals surface area contributed by atoms with Crippen LogP contribution in [0.3, 0.4) is 0 Å². The van der Waals surface area contributed by atoms with Gasteiger partial charge in [0.05, 0.1) is 17.8 Å². The quantitative estimate of drug-likeness (QED) is 0.791. The monoisotopic (exact) mass is 254 g/mol. The Hall–Kier alpha value is -1.49. The van der Waals surface area contributed by atoms with E-state index in [4.69, 9.17) is 11.6 Å². The summed E-state index contributed by atoms with van der Waals surface area (Å²) in [6.45, 7) is 3.86. The van der Waals surface area contributed by atoms with Crippen LogP contribution in [0.5, 0.6) is 0 Å². The third kappa shape index (κ3) is 2.15. The number of hydrogen-bond donors (Lipinski definition) is 0. The van der Waals surface area contributed by atoms with Crippen LogP contribution in [0.15, 0.2) is 18.7 Å². The van der Waals surface area contributed by atoms with Crippen LogP contribution in [-0.4, -0.2) is 19.7 Å². The molecule has 0 N–H and O–H groups in total. The van der Waals surface area contributed by atoms with Crippen molar-refractivity contribution in [2.75, 3.05) is 0 Å². The van der Waals surface area contributed by atoms with Gasteiger partial charge in [0.25, 0.3) is 0 Å². The van der Waals surface area contributed by atoms with Crippen LogP contribution in [0.2, 0.25) is 0 Å². The Kier molecular flexibility index (Phi) is 3.38. The summed E-state index contributed by atoms with van der Waals surface area (Å²) in [5.74, 6) is -0.164. The summed E-state index contributed by atoms with van der Waals surface area (Å²) in [5, 5.41) is 4.01. The highest BCUT2D eigenvalue weighted by Crippen LogP contribution is 2.26. The molecule has 0 unspecified atom stereocenters. The SMILES string of the molecule is CC(C)n1ncc(F)c1-c1ncncc1CCl. The molecule has 0 saturated carbocycles. The Morgan fingerprint density at radius 3 is 2.82 bits per heavy atom. The van der Waals surface area contributed by atoms with Crippen molar-refractivity contribution in [3.05, 3.63) is 30.1 Å². The maximum Gasteiger partial charge on any atom is 0.170 e. The summed E-state index contributed by atoms with van der Waals surface area (Å²) in [4.78, 5) is 7.98. The van der Waals surface area contributed by atoms with Gasteiger partial charge in [0, 0.05) is 17.8 Å². The summed E-state index contributed by atoms with van der Waals surface area (Å²) in [5.41, 5.74) is 1.55. The van der Waals surface area contributed by atoms with Gasteiger partial charge in [-0.2, -0.15) is 5.10 Å². The number of nitrogens with zero attached hydrogens (tertiary/aromatic N) is 4. The molecule has 0 radical (unpaired) electrons. The number of alkyl halides is 1. The first kappa shape index (κ1) is 12.0. The second-order valence-electron chi connectivity index (χ2n) is 3.91. The molecule has 2 aromatic heterocycles. The van der Waals surface area contributed by atoms with Gasteiger partial charge in [-0.15, -0.1) is 11.6 Å². The van der Waals surface area contributed by atoms with Crippen molar-refractivity contribution in [2.45, 2.75) is 25.8 Å². The molecule has 0 aliphatic heterocycles. The van der Waals surface area contributed by atoms with E-state index in [0.717, 1.165) is 0 Å². The molecule has 0 aromatic carbocycles. The van der Waals surface area contributed by atoms with Crippen LogP contribution in [0.25, 0.3) is 11.4 Å². The zero-order valence-electron chi connectivity index (χ0n) is 9.56. The van der Waals surface area contributed by atoms with Crippen LogP contribution in [0.4, 0.5) is 4.39 Å². The lowest BCUT2D eigenvalue weighted by Crippen LogP contribution is -2.07. The molecule has 0 aliphatic rings. The molecule has 2 aromatic rings. The van der Waals surface area contributed by atoms with E-state index in [2.05, 4.69) is 15.1 Å². The van der Waals surface area contributed by atoms with Gasteiger partial charge in [-0.05, 0) is 13.8 Å². The standard InChI is InChI=1S/C11H12ClFN4/c1-7(2)17-11(9(13)5-16-17)10-8(3-12)4-14-6-15-10/h4-7H,3H2,1-2H3. The third-order valence-electron chi connectivity index (χ3n) is 2.40. The van der Waals surface area contributed by atoms with Gasteiger partial charge >= 0.3 is 0 Å². The normalized spacial score (nSPS) is 11.1. The first-order chi connectivity index (χ1) is 8.15. The van der Waals surface area contributed by atoms with Crippen molar-refractivity contribution >= 4 is 11.6 Å². The molecule has 0 fully saturated rings. The zero-order valence-corrected chi connectivity index (χ0v) is 10.3. The first-order valence-electron chi connectivity index (χ1n) is 5.23. The zero-order chi connectivity index (χ0) is 12.4. The maximum atomic E-state index is 13.8. The van der Waals surface area contributed by atoms with Gasteiger partial charge in [-0.25, -0.2) is 14.4 Å². The summed E-state index contributed by atoms with van der Waals surface area (Å²) in [7, 11) is 0. The molecule has 90 valence electrons. The van der Waals surface area contributed by atoms with Crippen molar-refractivity contribution in [2.24, 2.45) is 0 Å². The molecule has 2 rings (SSSR count). The van der Waals surface area contributed by atoms with E-state index in [-0.39, 0.29) is 11.9 Å². The fourth-order valence-electron chi connectivity index (χ4n) is 1.62. The topological polar surface area (TPSA) is 43.6 Å². The van der Waals surface area contributed by atoms with Crippen LogP contribution in [0.1, 0.15) is 25.5 Å². The van der Waals surface area contributed by atoms with Gasteiger partial charge in [-0.1, -0.05) is 0 Å². The van der Waals surface area contributed by atoms with Crippen molar-refractivity contribution < 1.29 is 4.39 Å². The molecule has 4 nitrogen and oxygen atoms in total. The molecule has 0 aliphatic carbocycles. The molecular formula is C11H12ClFN4. The highest BCUT2D eigenvalue weighted by atomic mass is 35.5. The molecule has 2 heterocycles. The van der Waals surface area contributed by atoms with E-state index in [1.165, 1.54) is 12.5 Å².